The van der Waals surface area contributed by atoms with E-state index in [0.717, 1.165) is 32.2 Å². The van der Waals surface area contributed by atoms with Crippen molar-refractivity contribution in [1.29, 1.82) is 0 Å². The van der Waals surface area contributed by atoms with Gasteiger partial charge in [0, 0.05) is 6.54 Å². The van der Waals surface area contributed by atoms with Gasteiger partial charge in [-0.15, -0.1) is 0 Å². The van der Waals surface area contributed by atoms with Gasteiger partial charge in [0.1, 0.15) is 6.33 Å². The largest absolute Gasteiger partial charge is 0.490 e. The maximum Gasteiger partial charge on any atom is 0.203 e. The maximum absolute atomic E-state index is 9.62. The van der Waals surface area contributed by atoms with Gasteiger partial charge in [-0.1, -0.05) is 6.42 Å². The number of nitrogens with zero attached hydrogens (tertiary/aromatic N) is 2. The fourth-order valence-corrected chi connectivity index (χ4v) is 2.40. The molecule has 100 valence electrons. The molecule has 2 atom stereocenters. The van der Waals surface area contributed by atoms with Crippen molar-refractivity contribution in [2.75, 3.05) is 24.7 Å². The summed E-state index contributed by atoms with van der Waals surface area (Å²) in [7, 11) is 1.55. The second-order valence-corrected chi connectivity index (χ2v) is 4.71. The van der Waals surface area contributed by atoms with E-state index < -0.39 is 0 Å². The van der Waals surface area contributed by atoms with Gasteiger partial charge in [0.2, 0.25) is 5.75 Å². The molecule has 0 saturated heterocycles. The quantitative estimate of drug-likeness (QED) is 0.741. The highest BCUT2D eigenvalue weighted by Crippen LogP contribution is 2.28. The fourth-order valence-electron chi connectivity index (χ4n) is 2.40. The zero-order valence-electron chi connectivity index (χ0n) is 10.6. The molecule has 1 heterocycles. The molecular weight excluding hydrogens is 232 g/mol. The van der Waals surface area contributed by atoms with Crippen molar-refractivity contribution in [1.82, 2.24) is 9.97 Å². The Morgan fingerprint density at radius 2 is 2.33 bits per heavy atom. The fraction of sp³-hybridized carbons (Fsp3) is 0.667. The summed E-state index contributed by atoms with van der Waals surface area (Å²) in [4.78, 5) is 8.00. The van der Waals surface area contributed by atoms with Crippen LogP contribution in [-0.2, 0) is 0 Å². The summed E-state index contributed by atoms with van der Waals surface area (Å²) < 4.78 is 5.18. The smallest absolute Gasteiger partial charge is 0.203 e. The topological polar surface area (TPSA) is 93.3 Å². The Labute approximate surface area is 107 Å². The minimum Gasteiger partial charge on any atom is -0.490 e. The average Bonchev–Trinajstić information content (AvgIpc) is 2.36. The van der Waals surface area contributed by atoms with E-state index in [1.54, 1.807) is 7.11 Å². The predicted molar refractivity (Wildman–Crippen MR) is 69.5 cm³/mol. The van der Waals surface area contributed by atoms with Crippen LogP contribution in [0.25, 0.3) is 0 Å². The first kappa shape index (κ1) is 12.9. The number of nitrogens with one attached hydrogen (secondary N) is 1. The summed E-state index contributed by atoms with van der Waals surface area (Å²) in [5.41, 5.74) is 5.71. The van der Waals surface area contributed by atoms with Gasteiger partial charge in [0.15, 0.2) is 11.6 Å². The van der Waals surface area contributed by atoms with E-state index in [1.807, 2.05) is 0 Å². The highest BCUT2D eigenvalue weighted by Gasteiger charge is 2.20. The second-order valence-electron chi connectivity index (χ2n) is 4.71. The number of aromatic nitrogens is 2. The molecule has 1 aliphatic carbocycles. The summed E-state index contributed by atoms with van der Waals surface area (Å²) >= 11 is 0. The number of aliphatic hydroxyl groups excluding tert-OH is 1. The van der Waals surface area contributed by atoms with Crippen LogP contribution < -0.4 is 15.8 Å². The van der Waals surface area contributed by atoms with Crippen LogP contribution >= 0.6 is 0 Å². The van der Waals surface area contributed by atoms with Gasteiger partial charge in [-0.25, -0.2) is 9.97 Å². The third-order valence-electron chi connectivity index (χ3n) is 3.35. The minimum atomic E-state index is -0.164. The number of aliphatic hydroxyl groups is 1. The van der Waals surface area contributed by atoms with E-state index in [-0.39, 0.29) is 6.10 Å². The molecule has 1 aliphatic rings. The molecule has 1 aromatic heterocycles. The normalized spacial score (nSPS) is 23.7. The molecule has 18 heavy (non-hydrogen) atoms. The molecule has 0 radical (unpaired) electrons. The van der Waals surface area contributed by atoms with Crippen LogP contribution in [0.5, 0.6) is 5.75 Å². The molecule has 0 spiro atoms. The van der Waals surface area contributed by atoms with Crippen LogP contribution in [0.1, 0.15) is 25.7 Å². The highest BCUT2D eigenvalue weighted by molar-refractivity contribution is 5.61. The number of nitrogen functional groups attached to an aromatic ring is 1. The Morgan fingerprint density at radius 3 is 3.06 bits per heavy atom. The van der Waals surface area contributed by atoms with Crippen molar-refractivity contribution in [2.24, 2.45) is 5.92 Å². The van der Waals surface area contributed by atoms with E-state index in [2.05, 4.69) is 15.3 Å². The summed E-state index contributed by atoms with van der Waals surface area (Å²) in [6, 6.07) is 0. The molecule has 6 nitrogen and oxygen atoms in total. The summed E-state index contributed by atoms with van der Waals surface area (Å²) in [5.74, 6) is 1.90. The van der Waals surface area contributed by atoms with Crippen LogP contribution in [0.2, 0.25) is 0 Å². The van der Waals surface area contributed by atoms with Crippen molar-refractivity contribution in [3.63, 3.8) is 0 Å². The van der Waals surface area contributed by atoms with Crippen LogP contribution in [0.3, 0.4) is 0 Å². The Balaban J connectivity index is 1.95. The van der Waals surface area contributed by atoms with E-state index in [9.17, 15) is 5.11 Å². The van der Waals surface area contributed by atoms with Crippen molar-refractivity contribution in [3.8, 4) is 5.75 Å². The van der Waals surface area contributed by atoms with Crippen LogP contribution in [0.15, 0.2) is 6.33 Å². The average molecular weight is 252 g/mol. The minimum absolute atomic E-state index is 0.164. The van der Waals surface area contributed by atoms with Gasteiger partial charge in [-0.05, 0) is 25.2 Å². The lowest BCUT2D eigenvalue weighted by molar-refractivity contribution is 0.104. The molecule has 1 aromatic rings. The zero-order valence-corrected chi connectivity index (χ0v) is 10.6. The number of hydrogen-bond acceptors (Lipinski definition) is 6. The van der Waals surface area contributed by atoms with Gasteiger partial charge in [-0.2, -0.15) is 0 Å². The number of nitrogens with two attached hydrogens (primary N) is 1. The first-order chi connectivity index (χ1) is 8.70. The number of rotatable bonds is 4. The lowest BCUT2D eigenvalue weighted by Gasteiger charge is -2.26. The second kappa shape index (κ2) is 5.86. The van der Waals surface area contributed by atoms with E-state index in [0.29, 0.717) is 23.3 Å². The SMILES string of the molecule is COc1c(N)ncnc1NCC1CCCC(O)C1. The van der Waals surface area contributed by atoms with E-state index in [4.69, 9.17) is 10.5 Å². The zero-order chi connectivity index (χ0) is 13.0. The maximum atomic E-state index is 9.62. The monoisotopic (exact) mass is 252 g/mol. The van der Waals surface area contributed by atoms with Gasteiger partial charge < -0.3 is 20.9 Å². The first-order valence-electron chi connectivity index (χ1n) is 6.27. The Bertz CT molecular complexity index is 400. The molecule has 6 heteroatoms. The number of hydrogen-bond donors (Lipinski definition) is 3. The lowest BCUT2D eigenvalue weighted by atomic mass is 9.87. The Kier molecular flexibility index (Phi) is 4.19. The van der Waals surface area contributed by atoms with Crippen molar-refractivity contribution in [2.45, 2.75) is 31.8 Å². The molecule has 1 saturated carbocycles. The molecular formula is C12H20N4O2. The third kappa shape index (κ3) is 3.01. The summed E-state index contributed by atoms with van der Waals surface area (Å²) in [6.45, 7) is 0.768. The lowest BCUT2D eigenvalue weighted by Crippen LogP contribution is -2.25. The standard InChI is InChI=1S/C12H20N4O2/c1-18-10-11(13)15-7-16-12(10)14-6-8-3-2-4-9(17)5-8/h7-9,17H,2-6H2,1H3,(H3,13,14,15,16). The van der Waals surface area contributed by atoms with Gasteiger partial charge >= 0.3 is 0 Å². The molecule has 0 aliphatic heterocycles. The van der Waals surface area contributed by atoms with Gasteiger partial charge in [0.25, 0.3) is 0 Å². The summed E-state index contributed by atoms with van der Waals surface area (Å²) in [6.07, 6.45) is 5.22. The first-order valence-corrected chi connectivity index (χ1v) is 6.27. The van der Waals surface area contributed by atoms with E-state index in [1.165, 1.54) is 6.33 Å². The molecule has 0 amide bonds. The highest BCUT2D eigenvalue weighted by atomic mass is 16.5. The Hall–Kier alpha value is -1.56. The van der Waals surface area contributed by atoms with Crippen LogP contribution in [-0.4, -0.2) is 34.8 Å². The van der Waals surface area contributed by atoms with Gasteiger partial charge in [0.05, 0.1) is 13.2 Å². The molecule has 0 bridgehead atoms. The van der Waals surface area contributed by atoms with Crippen LogP contribution in [0.4, 0.5) is 11.6 Å². The van der Waals surface area contributed by atoms with E-state index >= 15 is 0 Å². The van der Waals surface area contributed by atoms with Crippen molar-refractivity contribution in [3.05, 3.63) is 6.33 Å². The molecule has 0 aromatic carbocycles. The number of anilines is 2. The molecule has 1 fully saturated rings. The van der Waals surface area contributed by atoms with Crippen molar-refractivity contribution >= 4 is 11.6 Å². The third-order valence-corrected chi connectivity index (χ3v) is 3.35. The Morgan fingerprint density at radius 1 is 1.50 bits per heavy atom. The van der Waals surface area contributed by atoms with Crippen molar-refractivity contribution < 1.29 is 9.84 Å². The molecule has 2 unspecified atom stereocenters. The summed E-state index contributed by atoms with van der Waals surface area (Å²) in [5, 5.41) is 12.9. The molecule has 2 rings (SSSR count). The number of methoxy groups -OCH3 is 1. The predicted octanol–water partition coefficient (Wildman–Crippen LogP) is 1.03. The number of ether oxygens (including phenoxy) is 1. The van der Waals surface area contributed by atoms with Gasteiger partial charge in [-0.3, -0.25) is 0 Å². The molecule has 4 N–H and O–H groups in total. The van der Waals surface area contributed by atoms with Crippen LogP contribution in [0, 0.1) is 5.92 Å².